The zero-order valence-corrected chi connectivity index (χ0v) is 13.9. The van der Waals surface area contributed by atoms with E-state index in [0.717, 1.165) is 39.0 Å². The summed E-state index contributed by atoms with van der Waals surface area (Å²) in [6, 6.07) is 0.234. The molecule has 0 saturated carbocycles. The molecule has 2 fully saturated rings. The lowest BCUT2D eigenvalue weighted by Gasteiger charge is -2.33. The first-order chi connectivity index (χ1) is 11.0. The van der Waals surface area contributed by atoms with Gasteiger partial charge in [0.25, 0.3) is 0 Å². The van der Waals surface area contributed by atoms with Crippen LogP contribution in [0.4, 0.5) is 13.2 Å². The molecule has 2 aliphatic rings. The van der Waals surface area contributed by atoms with Crippen molar-refractivity contribution < 1.29 is 32.6 Å². The number of hydrogen-bond acceptors (Lipinski definition) is 4. The van der Waals surface area contributed by atoms with Crippen LogP contribution in [0.2, 0.25) is 0 Å². The van der Waals surface area contributed by atoms with Gasteiger partial charge in [-0.3, -0.25) is 4.79 Å². The number of piperidine rings is 1. The minimum Gasteiger partial charge on any atom is -0.475 e. The predicted octanol–water partition coefficient (Wildman–Crippen LogP) is 1.69. The van der Waals surface area contributed by atoms with E-state index in [1.54, 1.807) is 0 Å². The van der Waals surface area contributed by atoms with Crippen LogP contribution in [-0.2, 0) is 14.3 Å². The van der Waals surface area contributed by atoms with Crippen molar-refractivity contribution in [2.75, 3.05) is 19.7 Å². The maximum absolute atomic E-state index is 11.7. The van der Waals surface area contributed by atoms with Crippen LogP contribution in [0.5, 0.6) is 0 Å². The van der Waals surface area contributed by atoms with Crippen LogP contribution in [0.15, 0.2) is 0 Å². The number of carbonyl (C=O) groups excluding carboxylic acids is 1. The van der Waals surface area contributed by atoms with Crippen LogP contribution in [-0.4, -0.2) is 54.5 Å². The van der Waals surface area contributed by atoms with E-state index in [4.69, 9.17) is 14.6 Å². The van der Waals surface area contributed by atoms with Crippen molar-refractivity contribution in [3.63, 3.8) is 0 Å². The molecule has 140 valence electrons. The third-order valence-electron chi connectivity index (χ3n) is 3.97. The summed E-state index contributed by atoms with van der Waals surface area (Å²) in [5.41, 5.74) is 0.0774. The van der Waals surface area contributed by atoms with E-state index in [1.165, 1.54) is 0 Å². The highest BCUT2D eigenvalue weighted by molar-refractivity contribution is 5.76. The molecule has 0 aromatic heterocycles. The van der Waals surface area contributed by atoms with Crippen LogP contribution in [0.25, 0.3) is 0 Å². The maximum atomic E-state index is 11.7. The van der Waals surface area contributed by atoms with E-state index in [-0.39, 0.29) is 17.6 Å². The Morgan fingerprint density at radius 1 is 1.33 bits per heavy atom. The number of carboxylic acid groups (broad SMARTS) is 1. The Hall–Kier alpha value is -1.35. The van der Waals surface area contributed by atoms with Crippen molar-refractivity contribution in [3.05, 3.63) is 0 Å². The van der Waals surface area contributed by atoms with Gasteiger partial charge in [-0.2, -0.15) is 13.2 Å². The van der Waals surface area contributed by atoms with Gasteiger partial charge in [-0.25, -0.2) is 4.79 Å². The Morgan fingerprint density at radius 2 is 1.88 bits per heavy atom. The summed E-state index contributed by atoms with van der Waals surface area (Å²) in [5, 5.41) is 13.4. The van der Waals surface area contributed by atoms with E-state index in [9.17, 15) is 18.0 Å². The fourth-order valence-electron chi connectivity index (χ4n) is 2.94. The predicted molar refractivity (Wildman–Crippen MR) is 80.5 cm³/mol. The van der Waals surface area contributed by atoms with Gasteiger partial charge in [-0.05, 0) is 52.1 Å². The highest BCUT2D eigenvalue weighted by Crippen LogP contribution is 2.38. The lowest BCUT2D eigenvalue weighted by molar-refractivity contribution is -0.192. The maximum Gasteiger partial charge on any atom is 0.490 e. The molecule has 6 nitrogen and oxygen atoms in total. The smallest absolute Gasteiger partial charge is 0.475 e. The molecule has 2 heterocycles. The second-order valence-corrected chi connectivity index (χ2v) is 6.54. The zero-order chi connectivity index (χ0) is 18.4. The second kappa shape index (κ2) is 8.66. The molecule has 0 aromatic rings. The Bertz CT molecular complexity index is 435. The van der Waals surface area contributed by atoms with Crippen molar-refractivity contribution in [1.29, 1.82) is 0 Å². The van der Waals surface area contributed by atoms with Crippen molar-refractivity contribution in [3.8, 4) is 0 Å². The van der Waals surface area contributed by atoms with Crippen LogP contribution in [0.3, 0.4) is 0 Å². The molecule has 0 aliphatic carbocycles. The van der Waals surface area contributed by atoms with Gasteiger partial charge in [-0.1, -0.05) is 0 Å². The van der Waals surface area contributed by atoms with Gasteiger partial charge < -0.3 is 20.5 Å². The van der Waals surface area contributed by atoms with E-state index in [1.807, 2.05) is 13.8 Å². The first-order valence-corrected chi connectivity index (χ1v) is 7.98. The molecule has 1 amide bonds. The summed E-state index contributed by atoms with van der Waals surface area (Å²) < 4.78 is 37.7. The molecule has 1 unspecified atom stereocenters. The molecule has 0 bridgehead atoms. The molecule has 24 heavy (non-hydrogen) atoms. The summed E-state index contributed by atoms with van der Waals surface area (Å²) in [4.78, 5) is 20.6. The van der Waals surface area contributed by atoms with E-state index >= 15 is 0 Å². The zero-order valence-electron chi connectivity index (χ0n) is 13.9. The van der Waals surface area contributed by atoms with Gasteiger partial charge in [0, 0.05) is 12.5 Å². The molecule has 0 aromatic carbocycles. The summed E-state index contributed by atoms with van der Waals surface area (Å²) in [5.74, 6) is -2.18. The monoisotopic (exact) mass is 354 g/mol. The number of aliphatic carboxylic acids is 1. The highest BCUT2D eigenvalue weighted by Gasteiger charge is 2.41. The topological polar surface area (TPSA) is 87.7 Å². The lowest BCUT2D eigenvalue weighted by atomic mass is 9.85. The van der Waals surface area contributed by atoms with Gasteiger partial charge in [0.1, 0.15) is 0 Å². The Kier molecular flexibility index (Phi) is 7.47. The van der Waals surface area contributed by atoms with Crippen LogP contribution >= 0.6 is 0 Å². The quantitative estimate of drug-likeness (QED) is 0.718. The Balaban J connectivity index is 0.000000351. The molecule has 2 saturated heterocycles. The minimum absolute atomic E-state index is 0.0774. The fourth-order valence-corrected chi connectivity index (χ4v) is 2.94. The van der Waals surface area contributed by atoms with Gasteiger partial charge in [0.2, 0.25) is 5.91 Å². The van der Waals surface area contributed by atoms with Crippen LogP contribution < -0.4 is 10.6 Å². The Labute approximate surface area is 139 Å². The van der Waals surface area contributed by atoms with Crippen molar-refractivity contribution in [2.45, 2.75) is 57.3 Å². The summed E-state index contributed by atoms with van der Waals surface area (Å²) in [6.07, 6.45) is -1.22. The molecule has 1 atom stereocenters. The highest BCUT2D eigenvalue weighted by atomic mass is 19.4. The average molecular weight is 354 g/mol. The molecular weight excluding hydrogens is 329 g/mol. The number of hydrogen-bond donors (Lipinski definition) is 3. The van der Waals surface area contributed by atoms with Gasteiger partial charge >= 0.3 is 12.1 Å². The number of alkyl halides is 3. The summed E-state index contributed by atoms with van der Waals surface area (Å²) in [7, 11) is 0. The first kappa shape index (κ1) is 20.7. The number of halogens is 3. The minimum atomic E-state index is -5.08. The standard InChI is InChI=1S/C13H24N2O2.C2HF3O2/c1-10(2)15-12(16)7-11-8-13(17-9-11)3-5-14-6-4-13;3-2(4,5)1(6)7/h10-11,14H,3-9H2,1-2H3,(H,15,16);(H,6,7). The molecule has 1 spiro atoms. The SMILES string of the molecule is CC(C)NC(=O)CC1COC2(CCNCC2)C1.O=C(O)C(F)(F)F. The molecule has 3 N–H and O–H groups in total. The van der Waals surface area contributed by atoms with E-state index in [0.29, 0.717) is 12.3 Å². The van der Waals surface area contributed by atoms with Crippen molar-refractivity contribution >= 4 is 11.9 Å². The molecule has 9 heteroatoms. The molecular formula is C15H25F3N2O4. The van der Waals surface area contributed by atoms with Crippen LogP contribution in [0, 0.1) is 5.92 Å². The number of ether oxygens (including phenoxy) is 1. The summed E-state index contributed by atoms with van der Waals surface area (Å²) in [6.45, 7) is 6.84. The number of nitrogens with one attached hydrogen (secondary N) is 2. The van der Waals surface area contributed by atoms with E-state index < -0.39 is 12.1 Å². The normalized spacial score (nSPS) is 22.8. The lowest BCUT2D eigenvalue weighted by Crippen LogP contribution is -2.41. The van der Waals surface area contributed by atoms with Crippen molar-refractivity contribution in [1.82, 2.24) is 10.6 Å². The second-order valence-electron chi connectivity index (χ2n) is 6.54. The number of amides is 1. The molecule has 2 rings (SSSR count). The van der Waals surface area contributed by atoms with Gasteiger partial charge in [0.05, 0.1) is 12.2 Å². The molecule has 2 aliphatic heterocycles. The number of carbonyl (C=O) groups is 2. The third-order valence-corrected chi connectivity index (χ3v) is 3.97. The third kappa shape index (κ3) is 7.04. The van der Waals surface area contributed by atoms with Crippen LogP contribution in [0.1, 0.15) is 39.5 Å². The van der Waals surface area contributed by atoms with E-state index in [2.05, 4.69) is 10.6 Å². The van der Waals surface area contributed by atoms with Gasteiger partial charge in [0.15, 0.2) is 0 Å². The number of rotatable bonds is 3. The number of carboxylic acids is 1. The largest absolute Gasteiger partial charge is 0.490 e. The average Bonchev–Trinajstić information content (AvgIpc) is 2.80. The molecule has 0 radical (unpaired) electrons. The van der Waals surface area contributed by atoms with Crippen molar-refractivity contribution in [2.24, 2.45) is 5.92 Å². The fraction of sp³-hybridized carbons (Fsp3) is 0.867. The summed E-state index contributed by atoms with van der Waals surface area (Å²) >= 11 is 0. The first-order valence-electron chi connectivity index (χ1n) is 7.98. The Morgan fingerprint density at radius 3 is 2.33 bits per heavy atom. The van der Waals surface area contributed by atoms with Gasteiger partial charge in [-0.15, -0.1) is 0 Å².